The zero-order valence-electron chi connectivity index (χ0n) is 14.5. The summed E-state index contributed by atoms with van der Waals surface area (Å²) in [6.07, 6.45) is 0.939. The van der Waals surface area contributed by atoms with Crippen LogP contribution >= 0.6 is 0 Å². The summed E-state index contributed by atoms with van der Waals surface area (Å²) in [4.78, 5) is 4.26. The number of guanidine groups is 1. The fourth-order valence-corrected chi connectivity index (χ4v) is 2.31. The first-order valence-electron chi connectivity index (χ1n) is 8.09. The highest BCUT2D eigenvalue weighted by Gasteiger charge is 2.06. The maximum absolute atomic E-state index is 5.60. The van der Waals surface area contributed by atoms with Gasteiger partial charge in [-0.2, -0.15) is 0 Å². The zero-order chi connectivity index (χ0) is 17.2. The Kier molecular flexibility index (Phi) is 6.95. The second-order valence-electron chi connectivity index (χ2n) is 5.16. The van der Waals surface area contributed by atoms with Crippen LogP contribution in [-0.4, -0.2) is 33.3 Å². The molecule has 24 heavy (non-hydrogen) atoms. The topological polar surface area (TPSA) is 54.9 Å². The van der Waals surface area contributed by atoms with Gasteiger partial charge < -0.3 is 20.1 Å². The fourth-order valence-electron chi connectivity index (χ4n) is 2.31. The average Bonchev–Trinajstić information content (AvgIpc) is 2.62. The van der Waals surface area contributed by atoms with Crippen LogP contribution in [0.5, 0.6) is 11.5 Å². The van der Waals surface area contributed by atoms with Crippen molar-refractivity contribution in [2.45, 2.75) is 13.3 Å². The van der Waals surface area contributed by atoms with E-state index in [9.17, 15) is 0 Å². The molecule has 128 valence electrons. The van der Waals surface area contributed by atoms with Crippen LogP contribution in [0, 0.1) is 0 Å². The van der Waals surface area contributed by atoms with Crippen molar-refractivity contribution >= 4 is 11.6 Å². The second kappa shape index (κ2) is 9.45. The van der Waals surface area contributed by atoms with Gasteiger partial charge in [0.1, 0.15) is 0 Å². The number of aliphatic imine (C=N–C) groups is 1. The molecule has 0 saturated heterocycles. The van der Waals surface area contributed by atoms with Gasteiger partial charge in [0.05, 0.1) is 13.7 Å². The summed E-state index contributed by atoms with van der Waals surface area (Å²) in [5, 5.41) is 6.58. The number of hydrogen-bond donors (Lipinski definition) is 2. The van der Waals surface area contributed by atoms with Crippen molar-refractivity contribution in [3.05, 3.63) is 54.1 Å². The first-order chi connectivity index (χ1) is 11.8. The number of benzene rings is 2. The summed E-state index contributed by atoms with van der Waals surface area (Å²) in [7, 11) is 3.39. The van der Waals surface area contributed by atoms with Crippen molar-refractivity contribution in [1.29, 1.82) is 0 Å². The van der Waals surface area contributed by atoms with E-state index in [2.05, 4.69) is 39.9 Å². The number of nitrogens with zero attached hydrogens (tertiary/aromatic N) is 1. The molecule has 0 radical (unpaired) electrons. The molecule has 0 aliphatic heterocycles. The van der Waals surface area contributed by atoms with Gasteiger partial charge in [0.25, 0.3) is 0 Å². The van der Waals surface area contributed by atoms with Crippen LogP contribution in [0.3, 0.4) is 0 Å². The molecule has 0 unspecified atom stereocenters. The van der Waals surface area contributed by atoms with Crippen LogP contribution in [0.25, 0.3) is 0 Å². The third-order valence-electron chi connectivity index (χ3n) is 3.50. The maximum Gasteiger partial charge on any atom is 0.195 e. The van der Waals surface area contributed by atoms with E-state index in [0.717, 1.165) is 30.4 Å². The Morgan fingerprint density at radius 1 is 1.08 bits per heavy atom. The molecule has 0 saturated carbocycles. The summed E-state index contributed by atoms with van der Waals surface area (Å²) < 4.78 is 10.9. The SMILES string of the molecule is CCOc1cc(NC(=NC)NCCc2ccccc2)ccc1OC. The highest BCUT2D eigenvalue weighted by atomic mass is 16.5. The minimum atomic E-state index is 0.587. The van der Waals surface area contributed by atoms with Crippen LogP contribution in [0.15, 0.2) is 53.5 Å². The Balaban J connectivity index is 1.93. The predicted molar refractivity (Wildman–Crippen MR) is 99.3 cm³/mol. The fraction of sp³-hybridized carbons (Fsp3) is 0.316. The summed E-state index contributed by atoms with van der Waals surface area (Å²) in [6.45, 7) is 3.34. The first kappa shape index (κ1) is 17.7. The lowest BCUT2D eigenvalue weighted by Crippen LogP contribution is -2.32. The Morgan fingerprint density at radius 3 is 2.54 bits per heavy atom. The molecule has 0 spiro atoms. The number of nitrogens with one attached hydrogen (secondary N) is 2. The van der Waals surface area contributed by atoms with Gasteiger partial charge in [-0.3, -0.25) is 4.99 Å². The number of ether oxygens (including phenoxy) is 2. The molecule has 2 rings (SSSR count). The molecule has 5 nitrogen and oxygen atoms in total. The highest BCUT2D eigenvalue weighted by Crippen LogP contribution is 2.30. The molecule has 0 aromatic heterocycles. The molecule has 0 aliphatic carbocycles. The number of hydrogen-bond acceptors (Lipinski definition) is 3. The van der Waals surface area contributed by atoms with Crippen molar-refractivity contribution < 1.29 is 9.47 Å². The van der Waals surface area contributed by atoms with Crippen molar-refractivity contribution in [3.8, 4) is 11.5 Å². The predicted octanol–water partition coefficient (Wildman–Crippen LogP) is 3.32. The number of rotatable bonds is 7. The lowest BCUT2D eigenvalue weighted by atomic mass is 10.1. The first-order valence-corrected chi connectivity index (χ1v) is 8.09. The molecule has 0 atom stereocenters. The minimum Gasteiger partial charge on any atom is -0.493 e. The molecule has 2 aromatic rings. The number of methoxy groups -OCH3 is 1. The van der Waals surface area contributed by atoms with E-state index in [1.807, 2.05) is 31.2 Å². The summed E-state index contributed by atoms with van der Waals surface area (Å²) in [5.74, 6) is 2.15. The van der Waals surface area contributed by atoms with Gasteiger partial charge in [0, 0.05) is 25.3 Å². The molecule has 2 aromatic carbocycles. The molecule has 2 N–H and O–H groups in total. The van der Waals surface area contributed by atoms with Gasteiger partial charge in [-0.1, -0.05) is 30.3 Å². The molecule has 0 heterocycles. The van der Waals surface area contributed by atoms with Crippen LogP contribution in [0.2, 0.25) is 0 Å². The van der Waals surface area contributed by atoms with Crippen molar-refractivity contribution in [3.63, 3.8) is 0 Å². The average molecular weight is 327 g/mol. The quantitative estimate of drug-likeness (QED) is 0.605. The van der Waals surface area contributed by atoms with E-state index in [0.29, 0.717) is 12.4 Å². The van der Waals surface area contributed by atoms with Crippen molar-refractivity contribution in [2.24, 2.45) is 4.99 Å². The van der Waals surface area contributed by atoms with Crippen LogP contribution in [-0.2, 0) is 6.42 Å². The van der Waals surface area contributed by atoms with Crippen molar-refractivity contribution in [2.75, 3.05) is 32.6 Å². The van der Waals surface area contributed by atoms with Gasteiger partial charge in [-0.15, -0.1) is 0 Å². The summed E-state index contributed by atoms with van der Waals surface area (Å²) in [5.41, 5.74) is 2.19. The molecule has 0 aliphatic rings. The molecule has 0 amide bonds. The van der Waals surface area contributed by atoms with Gasteiger partial charge >= 0.3 is 0 Å². The van der Waals surface area contributed by atoms with Gasteiger partial charge in [-0.05, 0) is 31.0 Å². The van der Waals surface area contributed by atoms with E-state index in [-0.39, 0.29) is 0 Å². The van der Waals surface area contributed by atoms with Gasteiger partial charge in [0.2, 0.25) is 0 Å². The minimum absolute atomic E-state index is 0.587. The van der Waals surface area contributed by atoms with Crippen LogP contribution in [0.1, 0.15) is 12.5 Å². The lowest BCUT2D eigenvalue weighted by Gasteiger charge is -2.14. The molecule has 0 fully saturated rings. The maximum atomic E-state index is 5.60. The van der Waals surface area contributed by atoms with Crippen LogP contribution in [0.4, 0.5) is 5.69 Å². The monoisotopic (exact) mass is 327 g/mol. The van der Waals surface area contributed by atoms with E-state index in [1.54, 1.807) is 14.2 Å². The Morgan fingerprint density at radius 2 is 1.88 bits per heavy atom. The Hall–Kier alpha value is -2.69. The zero-order valence-corrected chi connectivity index (χ0v) is 14.5. The largest absolute Gasteiger partial charge is 0.493 e. The highest BCUT2D eigenvalue weighted by molar-refractivity contribution is 5.93. The standard InChI is InChI=1S/C19H25N3O2/c1-4-24-18-14-16(10-11-17(18)23-3)22-19(20-2)21-13-12-15-8-6-5-7-9-15/h5-11,14H,4,12-13H2,1-3H3,(H2,20,21,22). The van der Waals surface area contributed by atoms with E-state index in [1.165, 1.54) is 5.56 Å². The Labute approximate surface area is 143 Å². The smallest absolute Gasteiger partial charge is 0.195 e. The molecular weight excluding hydrogens is 302 g/mol. The summed E-state index contributed by atoms with van der Waals surface area (Å²) >= 11 is 0. The molecule has 0 bridgehead atoms. The van der Waals surface area contributed by atoms with E-state index < -0.39 is 0 Å². The van der Waals surface area contributed by atoms with E-state index in [4.69, 9.17) is 9.47 Å². The third kappa shape index (κ3) is 5.19. The second-order valence-corrected chi connectivity index (χ2v) is 5.16. The molecule has 5 heteroatoms. The van der Waals surface area contributed by atoms with Gasteiger partial charge in [-0.25, -0.2) is 0 Å². The normalized spacial score (nSPS) is 11.0. The lowest BCUT2D eigenvalue weighted by molar-refractivity contribution is 0.311. The summed E-state index contributed by atoms with van der Waals surface area (Å²) in [6, 6.07) is 16.1. The van der Waals surface area contributed by atoms with E-state index >= 15 is 0 Å². The van der Waals surface area contributed by atoms with Crippen molar-refractivity contribution in [1.82, 2.24) is 5.32 Å². The van der Waals surface area contributed by atoms with Gasteiger partial charge in [0.15, 0.2) is 17.5 Å². The number of anilines is 1. The Bertz CT molecular complexity index is 657. The third-order valence-corrected chi connectivity index (χ3v) is 3.50. The molecular formula is C19H25N3O2. The van der Waals surface area contributed by atoms with Crippen LogP contribution < -0.4 is 20.1 Å².